The van der Waals surface area contributed by atoms with E-state index in [9.17, 15) is 30.3 Å². The minimum atomic E-state index is -1.58. The summed E-state index contributed by atoms with van der Waals surface area (Å²) in [5.41, 5.74) is 0. The molecule has 1 amide bonds. The zero-order valence-corrected chi connectivity index (χ0v) is 45.5. The number of hydrogen-bond acceptors (Lipinski definition) is 8. The van der Waals surface area contributed by atoms with E-state index in [2.05, 4.69) is 55.6 Å². The Kier molecular flexibility index (Phi) is 47.9. The van der Waals surface area contributed by atoms with E-state index in [1.54, 1.807) is 6.08 Å². The Bertz CT molecular complexity index is 1240. The molecule has 1 saturated heterocycles. The second-order valence-electron chi connectivity index (χ2n) is 20.8. The highest BCUT2D eigenvalue weighted by Gasteiger charge is 2.44. The highest BCUT2D eigenvalue weighted by atomic mass is 16.7. The number of amides is 1. The van der Waals surface area contributed by atoms with E-state index in [1.807, 2.05) is 6.08 Å². The number of aliphatic hydroxyl groups is 5. The van der Waals surface area contributed by atoms with E-state index >= 15 is 0 Å². The van der Waals surface area contributed by atoms with Crippen LogP contribution in [0.25, 0.3) is 0 Å². The lowest BCUT2D eigenvalue weighted by Gasteiger charge is -2.40. The summed E-state index contributed by atoms with van der Waals surface area (Å²) in [5, 5.41) is 54.4. The largest absolute Gasteiger partial charge is 0.394 e. The van der Waals surface area contributed by atoms with Gasteiger partial charge in [0, 0.05) is 6.42 Å². The van der Waals surface area contributed by atoms with Crippen LogP contribution in [-0.4, -0.2) is 87.5 Å². The molecule has 1 rings (SSSR count). The molecule has 1 aliphatic heterocycles. The van der Waals surface area contributed by atoms with E-state index in [1.165, 1.54) is 193 Å². The molecule has 0 saturated carbocycles. The SMILES string of the molecule is CCCCCCCCC/C=C\CCCCCCCC(=O)NC(COC1OC(CO)C(O)C(O)C1O)C(O)/C=C/CC/C=C/CC/C=C/CCCCCCCCCCCCCCCCCCCCCCC. The molecule has 0 aromatic carbocycles. The van der Waals surface area contributed by atoms with E-state index in [-0.39, 0.29) is 12.5 Å². The van der Waals surface area contributed by atoms with Crippen LogP contribution in [0.2, 0.25) is 0 Å². The molecule has 0 spiro atoms. The summed E-state index contributed by atoms with van der Waals surface area (Å²) < 4.78 is 11.2. The van der Waals surface area contributed by atoms with Gasteiger partial charge < -0.3 is 40.3 Å². The van der Waals surface area contributed by atoms with Gasteiger partial charge in [0.25, 0.3) is 0 Å². The second-order valence-corrected chi connectivity index (χ2v) is 20.8. The normalized spacial score (nSPS) is 19.7. The average molecular weight is 989 g/mol. The van der Waals surface area contributed by atoms with Crippen molar-refractivity contribution in [3.05, 3.63) is 48.6 Å². The first-order valence-corrected chi connectivity index (χ1v) is 29.9. The molecular weight excluding hydrogens is 875 g/mol. The van der Waals surface area contributed by atoms with Gasteiger partial charge in [-0.25, -0.2) is 0 Å². The van der Waals surface area contributed by atoms with Gasteiger partial charge in [-0.2, -0.15) is 0 Å². The van der Waals surface area contributed by atoms with E-state index < -0.39 is 49.5 Å². The summed E-state index contributed by atoms with van der Waals surface area (Å²) in [6, 6.07) is -0.833. The van der Waals surface area contributed by atoms with Gasteiger partial charge in [-0.1, -0.05) is 249 Å². The van der Waals surface area contributed by atoms with Gasteiger partial charge in [-0.3, -0.25) is 4.79 Å². The summed E-state index contributed by atoms with van der Waals surface area (Å²) >= 11 is 0. The van der Waals surface area contributed by atoms with Gasteiger partial charge in [0.15, 0.2) is 6.29 Å². The van der Waals surface area contributed by atoms with Gasteiger partial charge in [0.05, 0.1) is 25.4 Å². The number of rotatable bonds is 51. The summed E-state index contributed by atoms with van der Waals surface area (Å²) in [6.07, 6.45) is 60.6. The Balaban J connectivity index is 2.22. The van der Waals surface area contributed by atoms with Gasteiger partial charge in [0.2, 0.25) is 5.91 Å². The van der Waals surface area contributed by atoms with Crippen LogP contribution in [0.4, 0.5) is 0 Å². The second kappa shape index (κ2) is 50.7. The minimum absolute atomic E-state index is 0.198. The summed E-state index contributed by atoms with van der Waals surface area (Å²) in [6.45, 7) is 3.77. The maximum absolute atomic E-state index is 13.0. The van der Waals surface area contributed by atoms with Crippen LogP contribution in [0.3, 0.4) is 0 Å². The Morgan fingerprint density at radius 2 is 0.814 bits per heavy atom. The molecule has 0 aromatic rings. The van der Waals surface area contributed by atoms with Crippen molar-refractivity contribution in [2.75, 3.05) is 13.2 Å². The molecule has 1 aliphatic rings. The summed E-state index contributed by atoms with van der Waals surface area (Å²) in [5.74, 6) is -0.198. The molecule has 1 heterocycles. The first-order chi connectivity index (χ1) is 34.3. The van der Waals surface area contributed by atoms with Crippen LogP contribution < -0.4 is 5.32 Å². The molecule has 6 N–H and O–H groups in total. The monoisotopic (exact) mass is 988 g/mol. The number of carbonyl (C=O) groups excluding carboxylic acids is 1. The quantitative estimate of drug-likeness (QED) is 0.0261. The summed E-state index contributed by atoms with van der Waals surface area (Å²) in [4.78, 5) is 13.0. The fourth-order valence-electron chi connectivity index (χ4n) is 9.36. The molecule has 1 fully saturated rings. The molecule has 9 nitrogen and oxygen atoms in total. The van der Waals surface area contributed by atoms with Crippen molar-refractivity contribution in [3.63, 3.8) is 0 Å². The number of carbonyl (C=O) groups is 1. The standard InChI is InChI=1S/C61H113NO8/c1-3-5-7-9-11-13-15-17-19-21-22-23-24-25-26-27-28-29-30-31-32-33-34-35-36-38-40-42-44-46-48-50-55(64)54(53-69-61-60(68)59(67)58(66)56(52-63)70-61)62-57(65)51-49-47-45-43-41-39-37-20-18-16-14-12-10-8-6-4-2/h20,34-35,37,40,42,48,50,54-56,58-61,63-64,66-68H,3-19,21-33,36,38-39,41,43-47,49,51-53H2,1-2H3,(H,62,65)/b35-34+,37-20-,42-40+,50-48+. The van der Waals surface area contributed by atoms with Crippen LogP contribution in [0.15, 0.2) is 48.6 Å². The minimum Gasteiger partial charge on any atom is -0.394 e. The maximum Gasteiger partial charge on any atom is 0.220 e. The highest BCUT2D eigenvalue weighted by molar-refractivity contribution is 5.76. The zero-order chi connectivity index (χ0) is 50.8. The Hall–Kier alpha value is -1.85. The molecule has 7 atom stereocenters. The lowest BCUT2D eigenvalue weighted by Crippen LogP contribution is -2.60. The molecular formula is C61H113NO8. The lowest BCUT2D eigenvalue weighted by atomic mass is 9.99. The van der Waals surface area contributed by atoms with Crippen molar-refractivity contribution in [3.8, 4) is 0 Å². The van der Waals surface area contributed by atoms with Crippen molar-refractivity contribution in [1.82, 2.24) is 5.32 Å². The fraction of sp³-hybridized carbons (Fsp3) is 0.852. The van der Waals surface area contributed by atoms with Crippen LogP contribution >= 0.6 is 0 Å². The average Bonchev–Trinajstić information content (AvgIpc) is 3.36. The van der Waals surface area contributed by atoms with E-state index in [4.69, 9.17) is 9.47 Å². The molecule has 0 aliphatic carbocycles. The first kappa shape index (κ1) is 66.2. The first-order valence-electron chi connectivity index (χ1n) is 29.9. The van der Waals surface area contributed by atoms with Crippen molar-refractivity contribution in [1.29, 1.82) is 0 Å². The highest BCUT2D eigenvalue weighted by Crippen LogP contribution is 2.23. The topological polar surface area (TPSA) is 149 Å². The lowest BCUT2D eigenvalue weighted by molar-refractivity contribution is -0.302. The number of aliphatic hydroxyl groups excluding tert-OH is 5. The third-order valence-electron chi connectivity index (χ3n) is 14.1. The fourth-order valence-corrected chi connectivity index (χ4v) is 9.36. The predicted octanol–water partition coefficient (Wildman–Crippen LogP) is 14.9. The molecule has 410 valence electrons. The third kappa shape index (κ3) is 39.7. The number of hydrogen-bond donors (Lipinski definition) is 6. The van der Waals surface area contributed by atoms with Crippen LogP contribution in [-0.2, 0) is 14.3 Å². The van der Waals surface area contributed by atoms with Crippen LogP contribution in [0, 0.1) is 0 Å². The molecule has 0 radical (unpaired) electrons. The van der Waals surface area contributed by atoms with Crippen molar-refractivity contribution in [2.24, 2.45) is 0 Å². The number of unbranched alkanes of at least 4 members (excludes halogenated alkanes) is 35. The smallest absolute Gasteiger partial charge is 0.220 e. The Morgan fingerprint density at radius 3 is 1.20 bits per heavy atom. The maximum atomic E-state index is 13.0. The number of allylic oxidation sites excluding steroid dienone is 7. The number of nitrogens with one attached hydrogen (secondary N) is 1. The molecule has 0 bridgehead atoms. The van der Waals surface area contributed by atoms with Crippen molar-refractivity contribution < 1.29 is 39.8 Å². The Labute approximate surface area is 431 Å². The van der Waals surface area contributed by atoms with Crippen molar-refractivity contribution in [2.45, 2.75) is 320 Å². The van der Waals surface area contributed by atoms with E-state index in [0.717, 1.165) is 64.2 Å². The van der Waals surface area contributed by atoms with Crippen LogP contribution in [0.1, 0.15) is 277 Å². The molecule has 9 heteroatoms. The molecule has 0 aromatic heterocycles. The summed E-state index contributed by atoms with van der Waals surface area (Å²) in [7, 11) is 0. The third-order valence-corrected chi connectivity index (χ3v) is 14.1. The Morgan fingerprint density at radius 1 is 0.471 bits per heavy atom. The van der Waals surface area contributed by atoms with Gasteiger partial charge in [-0.15, -0.1) is 0 Å². The molecule has 70 heavy (non-hydrogen) atoms. The predicted molar refractivity (Wildman–Crippen MR) is 295 cm³/mol. The molecule has 7 unspecified atom stereocenters. The van der Waals surface area contributed by atoms with Gasteiger partial charge in [0.1, 0.15) is 24.4 Å². The van der Waals surface area contributed by atoms with E-state index in [0.29, 0.717) is 6.42 Å². The van der Waals surface area contributed by atoms with Gasteiger partial charge in [-0.05, 0) is 70.6 Å². The van der Waals surface area contributed by atoms with Crippen molar-refractivity contribution >= 4 is 5.91 Å². The zero-order valence-electron chi connectivity index (χ0n) is 45.5. The number of ether oxygens (including phenoxy) is 2. The van der Waals surface area contributed by atoms with Crippen LogP contribution in [0.5, 0.6) is 0 Å². The van der Waals surface area contributed by atoms with Gasteiger partial charge >= 0.3 is 0 Å².